The van der Waals surface area contributed by atoms with Gasteiger partial charge in [-0.2, -0.15) is 0 Å². The molecule has 1 aromatic heterocycles. The van der Waals surface area contributed by atoms with E-state index in [0.29, 0.717) is 33.6 Å². The highest BCUT2D eigenvalue weighted by Crippen LogP contribution is 2.38. The summed E-state index contributed by atoms with van der Waals surface area (Å²) in [6.45, 7) is 7.28. The Labute approximate surface area is 254 Å². The molecule has 1 aliphatic rings. The van der Waals surface area contributed by atoms with Gasteiger partial charge in [-0.15, -0.1) is 0 Å². The minimum absolute atomic E-state index is 0.146. The number of benzene rings is 1. The zero-order valence-corrected chi connectivity index (χ0v) is 24.9. The van der Waals surface area contributed by atoms with Crippen molar-refractivity contribution in [2.45, 2.75) is 102 Å². The van der Waals surface area contributed by atoms with Crippen LogP contribution >= 0.6 is 0 Å². The Morgan fingerprint density at radius 2 is 1.59 bits per heavy atom. The molecule has 7 atom stereocenters. The molecule has 0 bridgehead atoms. The number of aliphatic hydroxyl groups excluding tert-OH is 5. The van der Waals surface area contributed by atoms with Gasteiger partial charge in [0.25, 0.3) is 0 Å². The molecule has 12 nitrogen and oxygen atoms in total. The molecule has 44 heavy (non-hydrogen) atoms. The van der Waals surface area contributed by atoms with Crippen molar-refractivity contribution in [3.05, 3.63) is 58.7 Å². The first-order chi connectivity index (χ1) is 20.6. The number of nitrogens with zero attached hydrogens (tertiary/aromatic N) is 1. The summed E-state index contributed by atoms with van der Waals surface area (Å²) < 4.78 is 25.1. The van der Waals surface area contributed by atoms with E-state index in [1.54, 1.807) is 18.2 Å². The molecule has 0 aliphatic carbocycles. The van der Waals surface area contributed by atoms with Gasteiger partial charge < -0.3 is 45.2 Å². The van der Waals surface area contributed by atoms with Crippen molar-refractivity contribution in [3.63, 3.8) is 0 Å². The van der Waals surface area contributed by atoms with Crippen molar-refractivity contribution < 1.29 is 59.2 Å². The van der Waals surface area contributed by atoms with Gasteiger partial charge in [0.05, 0.1) is 30.9 Å². The number of carbonyl (C=O) groups is 2. The first kappa shape index (κ1) is 35.2. The fraction of sp³-hybridized carbons (Fsp3) is 0.516. The van der Waals surface area contributed by atoms with Crippen LogP contribution in [0.5, 0.6) is 0 Å². The normalized spacial score (nSPS) is 23.8. The molecule has 2 aromatic rings. The maximum absolute atomic E-state index is 14.0. The number of hydrogen-bond acceptors (Lipinski definition) is 10. The number of carboxylic acids is 2. The van der Waals surface area contributed by atoms with Gasteiger partial charge in [0.15, 0.2) is 12.4 Å². The van der Waals surface area contributed by atoms with Crippen LogP contribution < -0.4 is 0 Å². The van der Waals surface area contributed by atoms with E-state index in [-0.39, 0.29) is 24.9 Å². The van der Waals surface area contributed by atoms with Gasteiger partial charge in [-0.25, -0.2) is 9.18 Å². The number of ether oxygens (including phenoxy) is 2. The molecule has 1 saturated heterocycles. The Morgan fingerprint density at radius 1 is 0.977 bits per heavy atom. The molecule has 242 valence electrons. The summed E-state index contributed by atoms with van der Waals surface area (Å²) in [4.78, 5) is 27.4. The van der Waals surface area contributed by atoms with E-state index in [9.17, 15) is 44.6 Å². The summed E-state index contributed by atoms with van der Waals surface area (Å²) >= 11 is 0. The molecule has 1 aliphatic heterocycles. The second-order valence-corrected chi connectivity index (χ2v) is 11.4. The van der Waals surface area contributed by atoms with Crippen molar-refractivity contribution in [2.75, 3.05) is 0 Å². The highest BCUT2D eigenvalue weighted by Gasteiger charge is 2.47. The summed E-state index contributed by atoms with van der Waals surface area (Å²) in [5.74, 6) is -3.59. The van der Waals surface area contributed by atoms with Gasteiger partial charge in [-0.05, 0) is 35.1 Å². The summed E-state index contributed by atoms with van der Waals surface area (Å²) in [5, 5.41) is 69.7. The zero-order chi connectivity index (χ0) is 32.9. The van der Waals surface area contributed by atoms with Gasteiger partial charge >= 0.3 is 11.9 Å². The van der Waals surface area contributed by atoms with Gasteiger partial charge in [0.1, 0.15) is 24.1 Å². The second kappa shape index (κ2) is 15.1. The number of aromatic nitrogens is 1. The average Bonchev–Trinajstić information content (AvgIpc) is 2.93. The Morgan fingerprint density at radius 3 is 2.14 bits per heavy atom. The predicted octanol–water partition coefficient (Wildman–Crippen LogP) is 2.14. The van der Waals surface area contributed by atoms with Crippen LogP contribution in [0.3, 0.4) is 0 Å². The Bertz CT molecular complexity index is 1330. The van der Waals surface area contributed by atoms with Crippen LogP contribution in [-0.2, 0) is 25.7 Å². The SMILES string of the molecule is CC(C)c1nc(C(C)C)c(CO[C@@H]2O[C@H](C(=O)O)[C@@H](O)[C@H](O)[C@H]2O)c(-c2ccc(F)cc2)c1/C=C/[C@H](O)C[C@H](O)CC(=O)O. The number of pyridine rings is 1. The van der Waals surface area contributed by atoms with E-state index >= 15 is 0 Å². The minimum atomic E-state index is -1.90. The van der Waals surface area contributed by atoms with Crippen LogP contribution in [0.2, 0.25) is 0 Å². The maximum Gasteiger partial charge on any atom is 0.335 e. The van der Waals surface area contributed by atoms with E-state index in [4.69, 9.17) is 19.6 Å². The number of aliphatic carboxylic acids is 2. The molecule has 0 unspecified atom stereocenters. The van der Waals surface area contributed by atoms with Crippen molar-refractivity contribution in [2.24, 2.45) is 0 Å². The van der Waals surface area contributed by atoms with E-state index in [1.165, 1.54) is 18.2 Å². The lowest BCUT2D eigenvalue weighted by Crippen LogP contribution is -2.60. The monoisotopic (exact) mass is 621 g/mol. The van der Waals surface area contributed by atoms with Crippen molar-refractivity contribution >= 4 is 18.0 Å². The van der Waals surface area contributed by atoms with E-state index in [1.807, 2.05) is 27.7 Å². The first-order valence-corrected chi connectivity index (χ1v) is 14.2. The summed E-state index contributed by atoms with van der Waals surface area (Å²) in [6, 6.07) is 5.61. The summed E-state index contributed by atoms with van der Waals surface area (Å²) in [7, 11) is 0. The maximum atomic E-state index is 14.0. The van der Waals surface area contributed by atoms with Crippen molar-refractivity contribution in [3.8, 4) is 11.1 Å². The molecule has 13 heteroatoms. The third-order valence-electron chi connectivity index (χ3n) is 7.24. The molecular weight excluding hydrogens is 581 g/mol. The molecular formula is C31H40FNO11. The van der Waals surface area contributed by atoms with Crippen LogP contribution in [0.4, 0.5) is 4.39 Å². The fourth-order valence-electron chi connectivity index (χ4n) is 5.06. The average molecular weight is 622 g/mol. The lowest BCUT2D eigenvalue weighted by atomic mass is 9.87. The first-order valence-electron chi connectivity index (χ1n) is 14.2. The van der Waals surface area contributed by atoms with Crippen LogP contribution in [-0.4, -0.2) is 95.6 Å². The van der Waals surface area contributed by atoms with Gasteiger partial charge in [0.2, 0.25) is 0 Å². The fourth-order valence-corrected chi connectivity index (χ4v) is 5.06. The second-order valence-electron chi connectivity index (χ2n) is 11.4. The Balaban J connectivity index is 2.16. The third-order valence-corrected chi connectivity index (χ3v) is 7.24. The Hall–Kier alpha value is -3.30. The van der Waals surface area contributed by atoms with Crippen LogP contribution in [0.15, 0.2) is 30.3 Å². The highest BCUT2D eigenvalue weighted by atomic mass is 19.1. The van der Waals surface area contributed by atoms with E-state index in [2.05, 4.69) is 0 Å². The lowest BCUT2D eigenvalue weighted by molar-refractivity contribution is -0.297. The molecule has 0 radical (unpaired) electrons. The predicted molar refractivity (Wildman–Crippen MR) is 155 cm³/mol. The molecule has 1 fully saturated rings. The smallest absolute Gasteiger partial charge is 0.335 e. The highest BCUT2D eigenvalue weighted by molar-refractivity contribution is 5.80. The largest absolute Gasteiger partial charge is 0.481 e. The minimum Gasteiger partial charge on any atom is -0.481 e. The molecule has 1 aromatic carbocycles. The number of rotatable bonds is 13. The Kier molecular flexibility index (Phi) is 12.1. The topological polar surface area (TPSA) is 207 Å². The van der Waals surface area contributed by atoms with Crippen LogP contribution in [0, 0.1) is 5.82 Å². The number of halogens is 1. The van der Waals surface area contributed by atoms with Crippen molar-refractivity contribution in [1.82, 2.24) is 4.98 Å². The number of carboxylic acid groups (broad SMARTS) is 2. The van der Waals surface area contributed by atoms with Gasteiger partial charge in [-0.3, -0.25) is 9.78 Å². The molecule has 3 rings (SSSR count). The third kappa shape index (κ3) is 8.45. The quantitative estimate of drug-likeness (QED) is 0.172. The molecule has 0 amide bonds. The molecule has 0 saturated carbocycles. The van der Waals surface area contributed by atoms with Crippen LogP contribution in [0.25, 0.3) is 17.2 Å². The van der Waals surface area contributed by atoms with E-state index < -0.39 is 67.1 Å². The van der Waals surface area contributed by atoms with E-state index in [0.717, 1.165) is 0 Å². The number of hydrogen-bond donors (Lipinski definition) is 7. The summed E-state index contributed by atoms with van der Waals surface area (Å²) in [5.41, 5.74) is 3.25. The zero-order valence-electron chi connectivity index (χ0n) is 24.9. The standard InChI is InChI=1S/C31H40FNO11/c1-14(2)24-20(10-9-18(34)11-19(35)12-22(36)37)23(16-5-7-17(32)8-6-16)21(25(33-24)15(3)4)13-43-31-28(40)26(38)27(39)29(44-31)30(41)42/h5-10,14-15,18-19,26-29,31,34-35,38-40H,11-13H2,1-4H3,(H,36,37)(H,41,42)/b10-9+/t18-,19-,26-,27-,28+,29-,31+/m0/s1. The number of aliphatic hydroxyl groups is 5. The molecule has 2 heterocycles. The van der Waals surface area contributed by atoms with Crippen molar-refractivity contribution in [1.29, 1.82) is 0 Å². The molecule has 7 N–H and O–H groups in total. The van der Waals surface area contributed by atoms with Gasteiger partial charge in [0, 0.05) is 23.2 Å². The van der Waals surface area contributed by atoms with Gasteiger partial charge in [-0.1, -0.05) is 52.0 Å². The summed E-state index contributed by atoms with van der Waals surface area (Å²) in [6.07, 6.45) is -9.37. The lowest BCUT2D eigenvalue weighted by Gasteiger charge is -2.38. The van der Waals surface area contributed by atoms with Crippen LogP contribution in [0.1, 0.15) is 74.9 Å². The molecule has 0 spiro atoms.